The van der Waals surface area contributed by atoms with Crippen molar-refractivity contribution in [3.63, 3.8) is 0 Å². The normalized spacial score (nSPS) is 10.6. The van der Waals surface area contributed by atoms with Crippen LogP contribution in [0.4, 0.5) is 5.69 Å². The van der Waals surface area contributed by atoms with Gasteiger partial charge < -0.3 is 9.64 Å². The largest absolute Gasteiger partial charge is 0.457 e. The van der Waals surface area contributed by atoms with Crippen molar-refractivity contribution in [2.45, 2.75) is 13.8 Å². The number of carbonyl (C=O) groups is 1. The van der Waals surface area contributed by atoms with Crippen molar-refractivity contribution in [1.29, 1.82) is 0 Å². The molecule has 3 heteroatoms. The maximum Gasteiger partial charge on any atom is 0.257 e. The number of amides is 1. The lowest BCUT2D eigenvalue weighted by Crippen LogP contribution is -2.26. The topological polar surface area (TPSA) is 29.5 Å². The minimum Gasteiger partial charge on any atom is -0.457 e. The van der Waals surface area contributed by atoms with Crippen LogP contribution in [-0.4, -0.2) is 13.0 Å². The van der Waals surface area contributed by atoms with Gasteiger partial charge in [-0.05, 0) is 38.1 Å². The average molecular weight is 307 g/mol. The quantitative estimate of drug-likeness (QED) is 0.582. The summed E-state index contributed by atoms with van der Waals surface area (Å²) in [7, 11) is 1.72. The van der Waals surface area contributed by atoms with Crippen LogP contribution >= 0.6 is 0 Å². The molecule has 2 rings (SSSR count). The Kier molecular flexibility index (Phi) is 5.36. The van der Waals surface area contributed by atoms with Crippen LogP contribution in [0, 0.1) is 6.92 Å². The van der Waals surface area contributed by atoms with Crippen LogP contribution in [0.15, 0.2) is 72.8 Å². The summed E-state index contributed by atoms with van der Waals surface area (Å²) in [5.74, 6) is 1.30. The van der Waals surface area contributed by atoms with Crippen molar-refractivity contribution in [1.82, 2.24) is 0 Å². The smallest absolute Gasteiger partial charge is 0.257 e. The monoisotopic (exact) mass is 307 g/mol. The first kappa shape index (κ1) is 16.6. The van der Waals surface area contributed by atoms with Gasteiger partial charge in [0.1, 0.15) is 11.5 Å². The summed E-state index contributed by atoms with van der Waals surface area (Å²) in [6, 6.07) is 15.3. The first-order valence-corrected chi connectivity index (χ1v) is 7.45. The minimum atomic E-state index is -0.143. The number of nitrogens with zero attached hydrogens (tertiary/aromatic N) is 1. The minimum absolute atomic E-state index is 0.143. The molecule has 1 amide bonds. The molecule has 2 aromatic carbocycles. The van der Waals surface area contributed by atoms with Crippen LogP contribution in [0.3, 0.4) is 0 Å². The summed E-state index contributed by atoms with van der Waals surface area (Å²) >= 11 is 0. The number of hydrogen-bond acceptors (Lipinski definition) is 2. The molecule has 0 aliphatic carbocycles. The fraction of sp³-hybridized carbons (Fsp3) is 0.150. The summed E-state index contributed by atoms with van der Waals surface area (Å²) in [6.45, 7) is 7.67. The molecule has 0 fully saturated rings. The van der Waals surface area contributed by atoms with Gasteiger partial charge >= 0.3 is 0 Å². The predicted octanol–water partition coefficient (Wildman–Crippen LogP) is 4.88. The van der Waals surface area contributed by atoms with Gasteiger partial charge in [-0.1, -0.05) is 42.5 Å². The van der Waals surface area contributed by atoms with Crippen LogP contribution in [0.5, 0.6) is 11.5 Å². The Morgan fingerprint density at radius 2 is 1.83 bits per heavy atom. The number of anilines is 1. The summed E-state index contributed by atoms with van der Waals surface area (Å²) in [6.07, 6.45) is 3.50. The summed E-state index contributed by atoms with van der Waals surface area (Å²) in [5.41, 5.74) is 2.38. The molecule has 0 N–H and O–H groups in total. The second-order valence-corrected chi connectivity index (χ2v) is 5.30. The van der Waals surface area contributed by atoms with E-state index in [9.17, 15) is 4.79 Å². The molecule has 0 heterocycles. The van der Waals surface area contributed by atoms with Crippen molar-refractivity contribution in [3.8, 4) is 11.5 Å². The van der Waals surface area contributed by atoms with E-state index in [0.717, 1.165) is 11.4 Å². The molecule has 3 nitrogen and oxygen atoms in total. The van der Waals surface area contributed by atoms with Gasteiger partial charge in [-0.15, -0.1) is 0 Å². The van der Waals surface area contributed by atoms with Crippen LogP contribution in [0.25, 0.3) is 0 Å². The van der Waals surface area contributed by atoms with Gasteiger partial charge in [0.05, 0.1) is 0 Å². The van der Waals surface area contributed by atoms with Gasteiger partial charge in [-0.2, -0.15) is 0 Å². The van der Waals surface area contributed by atoms with Crippen LogP contribution in [0.1, 0.15) is 12.5 Å². The standard InChI is InChI=1S/C20H21NO2/c1-5-7-16(3)20(22)21(4)17-8-6-9-19(14-17)23-18-12-10-15(2)11-13-18/h5-14H,3H2,1-2,4H3/b7-5-. The number of carbonyl (C=O) groups excluding carboxylic acids is 1. The number of aryl methyl sites for hydroxylation is 1. The third-order valence-corrected chi connectivity index (χ3v) is 3.41. The second kappa shape index (κ2) is 7.45. The van der Waals surface area contributed by atoms with Crippen molar-refractivity contribution < 1.29 is 9.53 Å². The first-order valence-electron chi connectivity index (χ1n) is 7.45. The van der Waals surface area contributed by atoms with Crippen LogP contribution < -0.4 is 9.64 Å². The SMILES string of the molecule is C=C(/C=C\C)C(=O)N(C)c1cccc(Oc2ccc(C)cc2)c1. The number of ether oxygens (including phenoxy) is 1. The Bertz CT molecular complexity index is 730. The van der Waals surface area contributed by atoms with E-state index in [2.05, 4.69) is 6.58 Å². The van der Waals surface area contributed by atoms with Crippen molar-refractivity contribution in [2.24, 2.45) is 0 Å². The Morgan fingerprint density at radius 3 is 2.48 bits per heavy atom. The summed E-state index contributed by atoms with van der Waals surface area (Å²) < 4.78 is 5.84. The van der Waals surface area contributed by atoms with Crippen LogP contribution in [-0.2, 0) is 4.79 Å². The van der Waals surface area contributed by atoms with Gasteiger partial charge in [0.2, 0.25) is 0 Å². The third kappa shape index (κ3) is 4.33. The fourth-order valence-corrected chi connectivity index (χ4v) is 2.10. The molecule has 0 atom stereocenters. The molecule has 0 bridgehead atoms. The van der Waals surface area contributed by atoms with Crippen molar-refractivity contribution in [2.75, 3.05) is 11.9 Å². The Hall–Kier alpha value is -2.81. The highest BCUT2D eigenvalue weighted by Gasteiger charge is 2.13. The van der Waals surface area contributed by atoms with Gasteiger partial charge in [0.15, 0.2) is 0 Å². The van der Waals surface area contributed by atoms with E-state index >= 15 is 0 Å². The molecule has 0 spiro atoms. The van der Waals surface area contributed by atoms with E-state index in [-0.39, 0.29) is 5.91 Å². The zero-order chi connectivity index (χ0) is 16.8. The first-order chi connectivity index (χ1) is 11.0. The molecular formula is C20H21NO2. The number of likely N-dealkylation sites (N-methyl/N-ethyl adjacent to an activating group) is 1. The summed E-state index contributed by atoms with van der Waals surface area (Å²) in [5, 5.41) is 0. The van der Waals surface area contributed by atoms with E-state index in [4.69, 9.17) is 4.74 Å². The molecule has 0 unspecified atom stereocenters. The third-order valence-electron chi connectivity index (χ3n) is 3.41. The molecule has 0 saturated carbocycles. The van der Waals surface area contributed by atoms with Crippen molar-refractivity contribution >= 4 is 11.6 Å². The lowest BCUT2D eigenvalue weighted by atomic mass is 10.2. The Labute approximate surface area is 137 Å². The maximum absolute atomic E-state index is 12.3. The van der Waals surface area contributed by atoms with Gasteiger partial charge in [0.25, 0.3) is 5.91 Å². The van der Waals surface area contributed by atoms with E-state index < -0.39 is 0 Å². The predicted molar refractivity (Wildman–Crippen MR) is 95.1 cm³/mol. The number of hydrogen-bond donors (Lipinski definition) is 0. The molecule has 0 aromatic heterocycles. The van der Waals surface area contributed by atoms with Gasteiger partial charge in [-0.25, -0.2) is 0 Å². The average Bonchev–Trinajstić information content (AvgIpc) is 2.56. The highest BCUT2D eigenvalue weighted by Crippen LogP contribution is 2.26. The highest BCUT2D eigenvalue weighted by molar-refractivity contribution is 6.06. The molecule has 0 aliphatic rings. The van der Waals surface area contributed by atoms with Gasteiger partial charge in [-0.3, -0.25) is 4.79 Å². The zero-order valence-corrected chi connectivity index (χ0v) is 13.7. The molecule has 0 radical (unpaired) electrons. The number of rotatable bonds is 5. The molecule has 2 aromatic rings. The molecule has 23 heavy (non-hydrogen) atoms. The zero-order valence-electron chi connectivity index (χ0n) is 13.7. The molecule has 0 saturated heterocycles. The maximum atomic E-state index is 12.3. The molecule has 118 valence electrons. The van der Waals surface area contributed by atoms with Gasteiger partial charge in [0, 0.05) is 24.4 Å². The van der Waals surface area contributed by atoms with E-state index in [1.165, 1.54) is 5.56 Å². The molecule has 0 aliphatic heterocycles. The lowest BCUT2D eigenvalue weighted by molar-refractivity contribution is -0.114. The summed E-state index contributed by atoms with van der Waals surface area (Å²) in [4.78, 5) is 13.8. The lowest BCUT2D eigenvalue weighted by Gasteiger charge is -2.18. The molecular weight excluding hydrogens is 286 g/mol. The van der Waals surface area contributed by atoms with Crippen molar-refractivity contribution in [3.05, 3.63) is 78.4 Å². The van der Waals surface area contributed by atoms with E-state index in [1.54, 1.807) is 24.1 Å². The Balaban J connectivity index is 2.17. The fourth-order valence-electron chi connectivity index (χ4n) is 2.10. The number of allylic oxidation sites excluding steroid dienone is 1. The second-order valence-electron chi connectivity index (χ2n) is 5.30. The Morgan fingerprint density at radius 1 is 1.13 bits per heavy atom. The highest BCUT2D eigenvalue weighted by atomic mass is 16.5. The van der Waals surface area contributed by atoms with Crippen LogP contribution in [0.2, 0.25) is 0 Å². The number of benzene rings is 2. The van der Waals surface area contributed by atoms with E-state index in [1.807, 2.05) is 62.4 Å². The van der Waals surface area contributed by atoms with E-state index in [0.29, 0.717) is 11.3 Å².